The van der Waals surface area contributed by atoms with Gasteiger partial charge in [-0.25, -0.2) is 0 Å². The van der Waals surface area contributed by atoms with Crippen molar-refractivity contribution in [1.29, 1.82) is 0 Å². The van der Waals surface area contributed by atoms with Gasteiger partial charge in [-0.15, -0.1) is 0 Å². The Hall–Kier alpha value is 0.354. The van der Waals surface area contributed by atoms with Crippen LogP contribution in [0.4, 0.5) is 0 Å². The molecule has 0 atom stereocenters. The van der Waals surface area contributed by atoms with Crippen LogP contribution in [-0.2, 0) is 8.85 Å². The molecule has 0 saturated carbocycles. The third-order valence-electron chi connectivity index (χ3n) is 3.41. The van der Waals surface area contributed by atoms with Gasteiger partial charge in [0.05, 0.1) is 0 Å². The third kappa shape index (κ3) is 8.50. The molecule has 0 amide bonds. The Balaban J connectivity index is 3.42. The van der Waals surface area contributed by atoms with Crippen LogP contribution in [0.3, 0.4) is 0 Å². The molecule has 0 aromatic heterocycles. The van der Waals surface area contributed by atoms with Crippen LogP contribution in [0.1, 0.15) is 25.7 Å². The fraction of sp³-hybridized carbons (Fsp3) is 1.00. The minimum absolute atomic E-state index is 1.30. The summed E-state index contributed by atoms with van der Waals surface area (Å²) in [6.45, 7) is 9.20. The Morgan fingerprint density at radius 3 is 1.19 bits per heavy atom. The van der Waals surface area contributed by atoms with Crippen molar-refractivity contribution in [2.24, 2.45) is 0 Å². The summed E-state index contributed by atoms with van der Waals surface area (Å²) >= 11 is 0. The highest BCUT2D eigenvalue weighted by atomic mass is 28.4. The number of hydrogen-bond acceptors (Lipinski definition) is 2. The van der Waals surface area contributed by atoms with E-state index in [1.807, 2.05) is 14.2 Å². The first-order chi connectivity index (χ1) is 7.33. The van der Waals surface area contributed by atoms with Crippen LogP contribution in [0, 0.1) is 0 Å². The van der Waals surface area contributed by atoms with Crippen LogP contribution in [0.2, 0.25) is 38.3 Å². The topological polar surface area (TPSA) is 18.5 Å². The minimum Gasteiger partial charge on any atom is -0.420 e. The molecule has 0 spiro atoms. The molecular weight excluding hydrogens is 232 g/mol. The Morgan fingerprint density at radius 1 is 0.625 bits per heavy atom. The molecule has 0 aliphatic carbocycles. The first-order valence-corrected chi connectivity index (χ1v) is 12.7. The van der Waals surface area contributed by atoms with E-state index in [4.69, 9.17) is 8.85 Å². The highest BCUT2D eigenvalue weighted by Gasteiger charge is 2.20. The van der Waals surface area contributed by atoms with Crippen molar-refractivity contribution in [2.75, 3.05) is 14.2 Å². The summed E-state index contributed by atoms with van der Waals surface area (Å²) in [5.74, 6) is 0. The van der Waals surface area contributed by atoms with E-state index in [2.05, 4.69) is 26.2 Å². The van der Waals surface area contributed by atoms with Crippen molar-refractivity contribution in [2.45, 2.75) is 64.0 Å². The predicted octanol–water partition coefficient (Wildman–Crippen LogP) is 4.25. The predicted molar refractivity (Wildman–Crippen MR) is 77.1 cm³/mol. The van der Waals surface area contributed by atoms with Gasteiger partial charge in [0.15, 0.2) is 16.6 Å². The van der Waals surface area contributed by atoms with Crippen molar-refractivity contribution in [3.63, 3.8) is 0 Å². The normalized spacial score (nSPS) is 13.1. The summed E-state index contributed by atoms with van der Waals surface area (Å²) in [7, 11) is 1.13. The Morgan fingerprint density at radius 2 is 0.938 bits per heavy atom. The lowest BCUT2D eigenvalue weighted by molar-refractivity contribution is 0.398. The summed E-state index contributed by atoms with van der Waals surface area (Å²) in [5, 5.41) is 0. The smallest absolute Gasteiger partial charge is 0.186 e. The second kappa shape index (κ2) is 7.64. The monoisotopic (exact) mass is 262 g/mol. The van der Waals surface area contributed by atoms with Gasteiger partial charge < -0.3 is 8.85 Å². The molecule has 0 radical (unpaired) electrons. The lowest BCUT2D eigenvalue weighted by atomic mass is 10.2. The summed E-state index contributed by atoms with van der Waals surface area (Å²) in [6.07, 6.45) is 5.38. The number of unbranched alkanes of at least 4 members (excludes halogenated alkanes) is 3. The Bertz CT molecular complexity index is 162. The maximum atomic E-state index is 5.54. The van der Waals surface area contributed by atoms with Gasteiger partial charge >= 0.3 is 0 Å². The second-order valence-corrected chi connectivity index (χ2v) is 14.7. The van der Waals surface area contributed by atoms with Gasteiger partial charge in [0.1, 0.15) is 0 Å². The van der Waals surface area contributed by atoms with Crippen LogP contribution in [0.15, 0.2) is 0 Å². The van der Waals surface area contributed by atoms with Crippen LogP contribution in [-0.4, -0.2) is 30.9 Å². The molecular formula is C12H30O2Si2. The molecule has 2 nitrogen and oxygen atoms in total. The maximum Gasteiger partial charge on any atom is 0.186 e. The minimum atomic E-state index is -1.30. The van der Waals surface area contributed by atoms with Gasteiger partial charge in [0.2, 0.25) is 0 Å². The molecule has 0 aromatic rings. The van der Waals surface area contributed by atoms with Crippen LogP contribution in [0.5, 0.6) is 0 Å². The summed E-state index contributed by atoms with van der Waals surface area (Å²) in [4.78, 5) is 0. The van der Waals surface area contributed by atoms with Gasteiger partial charge in [-0.3, -0.25) is 0 Å². The highest BCUT2D eigenvalue weighted by molar-refractivity contribution is 6.71. The SMILES string of the molecule is CO[Si](C)(C)CCCCCC[Si](C)(C)OC. The molecule has 0 saturated heterocycles. The van der Waals surface area contributed by atoms with E-state index in [0.29, 0.717) is 0 Å². The van der Waals surface area contributed by atoms with E-state index in [9.17, 15) is 0 Å². The van der Waals surface area contributed by atoms with Crippen LogP contribution in [0.25, 0.3) is 0 Å². The molecule has 0 rings (SSSR count). The van der Waals surface area contributed by atoms with Gasteiger partial charge in [-0.1, -0.05) is 25.7 Å². The van der Waals surface area contributed by atoms with E-state index in [1.165, 1.54) is 37.8 Å². The zero-order valence-corrected chi connectivity index (χ0v) is 14.1. The van der Waals surface area contributed by atoms with Crippen molar-refractivity contribution < 1.29 is 8.85 Å². The average Bonchev–Trinajstić information content (AvgIpc) is 2.23. The van der Waals surface area contributed by atoms with Crippen molar-refractivity contribution in [1.82, 2.24) is 0 Å². The second-order valence-electron chi connectivity index (χ2n) is 5.84. The summed E-state index contributed by atoms with van der Waals surface area (Å²) in [5.41, 5.74) is 0. The molecule has 0 fully saturated rings. The fourth-order valence-corrected chi connectivity index (χ4v) is 4.27. The first-order valence-electron chi connectivity index (χ1n) is 6.43. The quantitative estimate of drug-likeness (QED) is 0.457. The first kappa shape index (κ1) is 16.4. The number of rotatable bonds is 9. The molecule has 98 valence electrons. The lowest BCUT2D eigenvalue weighted by Crippen LogP contribution is -2.28. The van der Waals surface area contributed by atoms with Crippen molar-refractivity contribution in [3.8, 4) is 0 Å². The Labute approximate surface area is 104 Å². The van der Waals surface area contributed by atoms with Crippen molar-refractivity contribution in [3.05, 3.63) is 0 Å². The molecule has 0 bridgehead atoms. The van der Waals surface area contributed by atoms with Crippen LogP contribution < -0.4 is 0 Å². The highest BCUT2D eigenvalue weighted by Crippen LogP contribution is 2.18. The van der Waals surface area contributed by atoms with Crippen molar-refractivity contribution >= 4 is 16.6 Å². The summed E-state index contributed by atoms with van der Waals surface area (Å²) < 4.78 is 11.1. The van der Waals surface area contributed by atoms with E-state index in [0.717, 1.165) is 0 Å². The molecule has 0 N–H and O–H groups in total. The molecule has 0 heterocycles. The molecule has 4 heteroatoms. The lowest BCUT2D eigenvalue weighted by Gasteiger charge is -2.20. The standard InChI is InChI=1S/C12H30O2Si2/c1-13-15(3,4)11-9-7-8-10-12-16(5,6)14-2/h7-12H2,1-6H3. The fourth-order valence-electron chi connectivity index (χ4n) is 1.66. The maximum absolute atomic E-state index is 5.54. The van der Waals surface area contributed by atoms with Gasteiger partial charge in [0.25, 0.3) is 0 Å². The molecule has 0 unspecified atom stereocenters. The van der Waals surface area contributed by atoms with E-state index >= 15 is 0 Å². The Kier molecular flexibility index (Phi) is 7.80. The van der Waals surface area contributed by atoms with Gasteiger partial charge in [-0.2, -0.15) is 0 Å². The molecule has 16 heavy (non-hydrogen) atoms. The molecule has 0 aliphatic heterocycles. The zero-order valence-electron chi connectivity index (χ0n) is 12.1. The zero-order chi connectivity index (χ0) is 12.7. The average molecular weight is 263 g/mol. The van der Waals surface area contributed by atoms with E-state index in [-0.39, 0.29) is 0 Å². The van der Waals surface area contributed by atoms with E-state index < -0.39 is 16.6 Å². The molecule has 0 aliphatic rings. The third-order valence-corrected chi connectivity index (χ3v) is 8.74. The van der Waals surface area contributed by atoms with Gasteiger partial charge in [-0.05, 0) is 38.3 Å². The molecule has 0 aromatic carbocycles. The van der Waals surface area contributed by atoms with E-state index in [1.54, 1.807) is 0 Å². The van der Waals surface area contributed by atoms with Crippen LogP contribution >= 0.6 is 0 Å². The number of hydrogen-bond donors (Lipinski definition) is 0. The summed E-state index contributed by atoms with van der Waals surface area (Å²) in [6, 6.07) is 2.60. The van der Waals surface area contributed by atoms with Gasteiger partial charge in [0, 0.05) is 14.2 Å². The largest absolute Gasteiger partial charge is 0.420 e.